The molecule has 0 spiro atoms. The number of fused-ring (bicyclic) bond motifs is 1. The van der Waals surface area contributed by atoms with E-state index in [2.05, 4.69) is 6.92 Å². The van der Waals surface area contributed by atoms with E-state index in [-0.39, 0.29) is 0 Å². The molecule has 2 fully saturated rings. The van der Waals surface area contributed by atoms with Crippen LogP contribution < -0.4 is 0 Å². The molecule has 16 heavy (non-hydrogen) atoms. The van der Waals surface area contributed by atoms with E-state index in [0.717, 1.165) is 17.8 Å². The molecule has 92 valence electrons. The second kappa shape index (κ2) is 5.75. The number of allylic oxidation sites excluding steroid dienone is 1. The van der Waals surface area contributed by atoms with Gasteiger partial charge < -0.3 is 4.74 Å². The summed E-state index contributed by atoms with van der Waals surface area (Å²) in [5, 5.41) is 0. The molecule has 0 aromatic carbocycles. The highest BCUT2D eigenvalue weighted by molar-refractivity contribution is 5.05. The fourth-order valence-electron chi connectivity index (χ4n) is 3.80. The molecule has 1 nitrogen and oxygen atoms in total. The highest BCUT2D eigenvalue weighted by Crippen LogP contribution is 2.45. The van der Waals surface area contributed by atoms with Crippen molar-refractivity contribution in [1.82, 2.24) is 0 Å². The summed E-state index contributed by atoms with van der Waals surface area (Å²) < 4.78 is 5.16. The van der Waals surface area contributed by atoms with Crippen LogP contribution in [0.1, 0.15) is 58.3 Å². The first kappa shape index (κ1) is 12.0. The lowest BCUT2D eigenvalue weighted by Gasteiger charge is -2.40. The molecule has 2 aliphatic rings. The number of rotatable bonds is 3. The second-order valence-corrected chi connectivity index (χ2v) is 5.74. The monoisotopic (exact) mass is 222 g/mol. The Kier molecular flexibility index (Phi) is 4.31. The van der Waals surface area contributed by atoms with Crippen LogP contribution in [0.15, 0.2) is 11.8 Å². The van der Waals surface area contributed by atoms with Crippen LogP contribution in [-0.4, -0.2) is 7.11 Å². The van der Waals surface area contributed by atoms with Crippen molar-refractivity contribution in [2.45, 2.75) is 58.3 Å². The van der Waals surface area contributed by atoms with Crippen molar-refractivity contribution in [3.63, 3.8) is 0 Å². The van der Waals surface area contributed by atoms with Gasteiger partial charge in [0.05, 0.1) is 13.4 Å². The van der Waals surface area contributed by atoms with Crippen LogP contribution in [0.4, 0.5) is 0 Å². The largest absolute Gasteiger partial charge is 0.504 e. The Labute approximate surface area is 100 Å². The van der Waals surface area contributed by atoms with Gasteiger partial charge in [0.15, 0.2) is 0 Å². The van der Waals surface area contributed by atoms with E-state index in [1.165, 1.54) is 51.4 Å². The number of methoxy groups -OCH3 is 1. The highest BCUT2D eigenvalue weighted by atomic mass is 16.5. The molecule has 0 aromatic rings. The normalized spacial score (nSPS) is 37.1. The summed E-state index contributed by atoms with van der Waals surface area (Å²) in [6.45, 7) is 2.33. The minimum Gasteiger partial charge on any atom is -0.504 e. The van der Waals surface area contributed by atoms with Crippen LogP contribution in [-0.2, 0) is 4.74 Å². The zero-order valence-corrected chi connectivity index (χ0v) is 10.9. The fourth-order valence-corrected chi connectivity index (χ4v) is 3.80. The Morgan fingerprint density at radius 2 is 2.12 bits per heavy atom. The Morgan fingerprint density at radius 1 is 1.25 bits per heavy atom. The first-order chi connectivity index (χ1) is 7.83. The lowest BCUT2D eigenvalue weighted by molar-refractivity contribution is 0.143. The van der Waals surface area contributed by atoms with Gasteiger partial charge in [0.2, 0.25) is 0 Å². The number of hydrogen-bond donors (Lipinski definition) is 0. The predicted octanol–water partition coefficient (Wildman–Crippen LogP) is 4.53. The maximum atomic E-state index is 5.16. The smallest absolute Gasteiger partial charge is 0.0816 e. The third kappa shape index (κ3) is 2.81. The van der Waals surface area contributed by atoms with Gasteiger partial charge in [0.1, 0.15) is 0 Å². The van der Waals surface area contributed by atoms with Crippen LogP contribution in [0.5, 0.6) is 0 Å². The summed E-state index contributed by atoms with van der Waals surface area (Å²) >= 11 is 0. The molecule has 0 aliphatic heterocycles. The maximum absolute atomic E-state index is 5.16. The average molecular weight is 222 g/mol. The first-order valence-corrected chi connectivity index (χ1v) is 7.04. The molecular weight excluding hydrogens is 196 g/mol. The lowest BCUT2D eigenvalue weighted by Crippen LogP contribution is -2.28. The minimum absolute atomic E-state index is 0.975. The molecule has 2 aliphatic carbocycles. The number of hydrogen-bond acceptors (Lipinski definition) is 1. The summed E-state index contributed by atoms with van der Waals surface area (Å²) in [6.07, 6.45) is 13.3. The van der Waals surface area contributed by atoms with Gasteiger partial charge in [-0.15, -0.1) is 0 Å². The van der Waals surface area contributed by atoms with Gasteiger partial charge >= 0.3 is 0 Å². The quantitative estimate of drug-likeness (QED) is 0.637. The van der Waals surface area contributed by atoms with Crippen LogP contribution in [0.2, 0.25) is 0 Å². The van der Waals surface area contributed by atoms with Crippen molar-refractivity contribution in [3.8, 4) is 0 Å². The zero-order valence-electron chi connectivity index (χ0n) is 10.9. The minimum atomic E-state index is 0.975. The molecule has 3 unspecified atom stereocenters. The van der Waals surface area contributed by atoms with Gasteiger partial charge in [0, 0.05) is 0 Å². The van der Waals surface area contributed by atoms with E-state index in [4.69, 9.17) is 4.74 Å². The lowest BCUT2D eigenvalue weighted by atomic mass is 9.66. The van der Waals surface area contributed by atoms with Crippen molar-refractivity contribution in [2.24, 2.45) is 17.8 Å². The summed E-state index contributed by atoms with van der Waals surface area (Å²) in [4.78, 5) is 0. The van der Waals surface area contributed by atoms with Crippen molar-refractivity contribution in [1.29, 1.82) is 0 Å². The first-order valence-electron chi connectivity index (χ1n) is 7.04. The van der Waals surface area contributed by atoms with Gasteiger partial charge in [-0.05, 0) is 55.4 Å². The molecule has 0 amide bonds. The molecule has 0 N–H and O–H groups in total. The Hall–Kier alpha value is -0.460. The standard InChI is InChI=1S/C15H26O/c1-3-4-12-5-7-15-10-13(11-16-2)6-8-14(15)9-12/h11-12,14-15H,3-10H2,1-2H3. The fraction of sp³-hybridized carbons (Fsp3) is 0.867. The maximum Gasteiger partial charge on any atom is 0.0816 e. The van der Waals surface area contributed by atoms with Gasteiger partial charge in [0.25, 0.3) is 0 Å². The molecule has 2 rings (SSSR count). The van der Waals surface area contributed by atoms with E-state index < -0.39 is 0 Å². The third-order valence-electron chi connectivity index (χ3n) is 4.59. The predicted molar refractivity (Wildman–Crippen MR) is 68.2 cm³/mol. The molecule has 0 saturated heterocycles. The van der Waals surface area contributed by atoms with E-state index in [0.29, 0.717) is 0 Å². The number of ether oxygens (including phenoxy) is 1. The van der Waals surface area contributed by atoms with E-state index in [1.807, 2.05) is 6.26 Å². The van der Waals surface area contributed by atoms with E-state index in [9.17, 15) is 0 Å². The Morgan fingerprint density at radius 3 is 2.88 bits per heavy atom. The summed E-state index contributed by atoms with van der Waals surface area (Å²) in [7, 11) is 1.78. The molecule has 3 atom stereocenters. The van der Waals surface area contributed by atoms with Crippen molar-refractivity contribution in [2.75, 3.05) is 7.11 Å². The van der Waals surface area contributed by atoms with Crippen LogP contribution >= 0.6 is 0 Å². The van der Waals surface area contributed by atoms with Crippen LogP contribution in [0.3, 0.4) is 0 Å². The molecule has 0 heterocycles. The van der Waals surface area contributed by atoms with E-state index >= 15 is 0 Å². The van der Waals surface area contributed by atoms with Crippen LogP contribution in [0.25, 0.3) is 0 Å². The topological polar surface area (TPSA) is 9.23 Å². The molecule has 0 radical (unpaired) electrons. The van der Waals surface area contributed by atoms with Crippen molar-refractivity contribution >= 4 is 0 Å². The summed E-state index contributed by atoms with van der Waals surface area (Å²) in [5.41, 5.74) is 1.55. The third-order valence-corrected chi connectivity index (χ3v) is 4.59. The molecular formula is C15H26O. The van der Waals surface area contributed by atoms with Gasteiger partial charge in [-0.1, -0.05) is 26.2 Å². The highest BCUT2D eigenvalue weighted by Gasteiger charge is 2.33. The van der Waals surface area contributed by atoms with Gasteiger partial charge in [-0.2, -0.15) is 0 Å². The Balaban J connectivity index is 1.87. The summed E-state index contributed by atoms with van der Waals surface area (Å²) in [5.74, 6) is 3.04. The van der Waals surface area contributed by atoms with Crippen LogP contribution in [0, 0.1) is 17.8 Å². The molecule has 1 heteroatoms. The van der Waals surface area contributed by atoms with Gasteiger partial charge in [-0.25, -0.2) is 0 Å². The average Bonchev–Trinajstić information content (AvgIpc) is 2.30. The van der Waals surface area contributed by atoms with Gasteiger partial charge in [-0.3, -0.25) is 0 Å². The summed E-state index contributed by atoms with van der Waals surface area (Å²) in [6, 6.07) is 0. The van der Waals surface area contributed by atoms with Crippen molar-refractivity contribution in [3.05, 3.63) is 11.8 Å². The zero-order chi connectivity index (χ0) is 11.4. The second-order valence-electron chi connectivity index (χ2n) is 5.74. The SMILES string of the molecule is CCCC1CCC2CC(=COC)CCC2C1. The molecule has 0 bridgehead atoms. The molecule has 0 aromatic heterocycles. The molecule has 2 saturated carbocycles. The Bertz CT molecular complexity index is 244. The van der Waals surface area contributed by atoms with Crippen molar-refractivity contribution < 1.29 is 4.74 Å². The van der Waals surface area contributed by atoms with E-state index in [1.54, 1.807) is 12.7 Å².